The van der Waals surface area contributed by atoms with E-state index < -0.39 is 0 Å². The van der Waals surface area contributed by atoms with E-state index in [2.05, 4.69) is 29.4 Å². The van der Waals surface area contributed by atoms with E-state index in [0.717, 1.165) is 18.0 Å². The quantitative estimate of drug-likeness (QED) is 0.844. The molecule has 1 aliphatic rings. The zero-order chi connectivity index (χ0) is 16.7. The summed E-state index contributed by atoms with van der Waals surface area (Å²) in [5.41, 5.74) is 0.769. The van der Waals surface area contributed by atoms with Gasteiger partial charge in [0, 0.05) is 30.9 Å². The molecule has 1 aliphatic heterocycles. The Morgan fingerprint density at radius 1 is 1.22 bits per heavy atom. The van der Waals surface area contributed by atoms with Gasteiger partial charge >= 0.3 is 6.03 Å². The predicted molar refractivity (Wildman–Crippen MR) is 94.1 cm³/mol. The Morgan fingerprint density at radius 2 is 1.87 bits per heavy atom. The lowest BCUT2D eigenvalue weighted by Gasteiger charge is -2.39. The Labute approximate surface area is 139 Å². The number of nitrogens with zero attached hydrogens (tertiary/aromatic N) is 1. The molecule has 5 heteroatoms. The molecule has 1 aromatic rings. The Balaban J connectivity index is 1.72. The van der Waals surface area contributed by atoms with Crippen molar-refractivity contribution >= 4 is 11.7 Å². The first-order chi connectivity index (χ1) is 11.1. The summed E-state index contributed by atoms with van der Waals surface area (Å²) in [6, 6.07) is 8.46. The number of likely N-dealkylation sites (tertiary alicyclic amines) is 1. The van der Waals surface area contributed by atoms with Crippen LogP contribution in [0.4, 0.5) is 10.5 Å². The molecule has 1 heterocycles. The number of nitrogens with one attached hydrogen (secondary N) is 2. The van der Waals surface area contributed by atoms with Crippen molar-refractivity contribution in [1.82, 2.24) is 10.2 Å². The Morgan fingerprint density at radius 3 is 2.48 bits per heavy atom. The number of anilines is 1. The number of rotatable bonds is 6. The van der Waals surface area contributed by atoms with Crippen LogP contribution in [0.5, 0.6) is 5.75 Å². The number of hydrogen-bond acceptors (Lipinski definition) is 3. The molecule has 0 aliphatic carbocycles. The van der Waals surface area contributed by atoms with Gasteiger partial charge in [0.15, 0.2) is 0 Å². The van der Waals surface area contributed by atoms with Crippen molar-refractivity contribution in [1.29, 1.82) is 0 Å². The predicted octanol–water partition coefficient (Wildman–Crippen LogP) is 3.47. The highest BCUT2D eigenvalue weighted by Gasteiger charge is 2.23. The van der Waals surface area contributed by atoms with E-state index in [1.54, 1.807) is 0 Å². The summed E-state index contributed by atoms with van der Waals surface area (Å²) in [7, 11) is 0. The Kier molecular flexibility index (Phi) is 6.71. The summed E-state index contributed by atoms with van der Waals surface area (Å²) in [6.45, 7) is 8.70. The van der Waals surface area contributed by atoms with Gasteiger partial charge in [-0.25, -0.2) is 4.79 Å². The number of carbonyl (C=O) groups excluding carboxylic acids is 1. The van der Waals surface area contributed by atoms with Crippen LogP contribution in [0.2, 0.25) is 0 Å². The van der Waals surface area contributed by atoms with Crippen LogP contribution in [0.1, 0.15) is 40.0 Å². The third-order valence-corrected chi connectivity index (χ3v) is 4.45. The van der Waals surface area contributed by atoms with Gasteiger partial charge < -0.3 is 15.4 Å². The molecule has 0 aromatic heterocycles. The first kappa shape index (κ1) is 17.6. The number of piperidine rings is 1. The maximum atomic E-state index is 12.0. The molecule has 1 fully saturated rings. The van der Waals surface area contributed by atoms with E-state index >= 15 is 0 Å². The van der Waals surface area contributed by atoms with E-state index in [-0.39, 0.29) is 6.03 Å². The van der Waals surface area contributed by atoms with Gasteiger partial charge in [-0.2, -0.15) is 0 Å². The normalized spacial score (nSPS) is 21.7. The molecule has 2 atom stereocenters. The van der Waals surface area contributed by atoms with E-state index in [1.807, 2.05) is 31.2 Å². The van der Waals surface area contributed by atoms with E-state index in [0.29, 0.717) is 25.2 Å². The molecule has 0 spiro atoms. The van der Waals surface area contributed by atoms with Crippen LogP contribution < -0.4 is 15.4 Å². The van der Waals surface area contributed by atoms with Crippen molar-refractivity contribution in [3.63, 3.8) is 0 Å². The Bertz CT molecular complexity index is 480. The van der Waals surface area contributed by atoms with Crippen molar-refractivity contribution in [3.05, 3.63) is 24.3 Å². The minimum absolute atomic E-state index is 0.161. The molecule has 128 valence electrons. The number of carbonyl (C=O) groups is 1. The number of benzene rings is 1. The highest BCUT2D eigenvalue weighted by Crippen LogP contribution is 2.21. The first-order valence-electron chi connectivity index (χ1n) is 8.63. The number of ether oxygens (including phenoxy) is 1. The molecule has 0 unspecified atom stereocenters. The van der Waals surface area contributed by atoms with Crippen LogP contribution in [-0.2, 0) is 0 Å². The van der Waals surface area contributed by atoms with Crippen molar-refractivity contribution in [2.45, 2.75) is 52.1 Å². The molecule has 0 saturated carbocycles. The van der Waals surface area contributed by atoms with Gasteiger partial charge in [0.25, 0.3) is 0 Å². The minimum Gasteiger partial charge on any atom is -0.494 e. The molecule has 5 nitrogen and oxygen atoms in total. The van der Waals surface area contributed by atoms with Crippen LogP contribution in [-0.4, -0.2) is 42.7 Å². The van der Waals surface area contributed by atoms with Crippen molar-refractivity contribution in [3.8, 4) is 5.75 Å². The van der Waals surface area contributed by atoms with Gasteiger partial charge in [-0.3, -0.25) is 4.90 Å². The fourth-order valence-corrected chi connectivity index (χ4v) is 3.19. The van der Waals surface area contributed by atoms with E-state index in [9.17, 15) is 4.79 Å². The molecule has 1 aromatic carbocycles. The topological polar surface area (TPSA) is 53.6 Å². The lowest BCUT2D eigenvalue weighted by Crippen LogP contribution is -2.47. The summed E-state index contributed by atoms with van der Waals surface area (Å²) in [5.74, 6) is 0.812. The summed E-state index contributed by atoms with van der Waals surface area (Å²) in [4.78, 5) is 14.4. The van der Waals surface area contributed by atoms with Crippen LogP contribution in [0, 0.1) is 0 Å². The molecule has 0 bridgehead atoms. The molecule has 2 rings (SSSR count). The van der Waals surface area contributed by atoms with Crippen LogP contribution in [0.25, 0.3) is 0 Å². The smallest absolute Gasteiger partial charge is 0.319 e. The molecule has 1 saturated heterocycles. The molecule has 0 radical (unpaired) electrons. The first-order valence-corrected chi connectivity index (χ1v) is 8.63. The lowest BCUT2D eigenvalue weighted by atomic mass is 9.98. The van der Waals surface area contributed by atoms with Crippen molar-refractivity contribution in [2.24, 2.45) is 0 Å². The second kappa shape index (κ2) is 8.77. The number of hydrogen-bond donors (Lipinski definition) is 2. The van der Waals surface area contributed by atoms with Crippen LogP contribution in [0.3, 0.4) is 0 Å². The van der Waals surface area contributed by atoms with Crippen LogP contribution in [0.15, 0.2) is 24.3 Å². The minimum atomic E-state index is -0.161. The summed E-state index contributed by atoms with van der Waals surface area (Å²) >= 11 is 0. The standard InChI is InChI=1S/C18H29N3O2/c1-4-23-17-10-8-16(9-11-17)20-18(22)19-12-13-21-14(2)6-5-7-15(21)3/h8-11,14-15H,4-7,12-13H2,1-3H3,(H2,19,20,22)/t14-,15-/m0/s1. The average Bonchev–Trinajstić information content (AvgIpc) is 2.52. The van der Waals surface area contributed by atoms with Gasteiger partial charge in [-0.05, 0) is 57.9 Å². The largest absolute Gasteiger partial charge is 0.494 e. The maximum Gasteiger partial charge on any atom is 0.319 e. The van der Waals surface area contributed by atoms with Gasteiger partial charge in [0.05, 0.1) is 6.61 Å². The summed E-state index contributed by atoms with van der Waals surface area (Å²) in [6.07, 6.45) is 3.82. The second-order valence-corrected chi connectivity index (χ2v) is 6.21. The van der Waals surface area contributed by atoms with Crippen molar-refractivity contribution < 1.29 is 9.53 Å². The highest BCUT2D eigenvalue weighted by atomic mass is 16.5. The average molecular weight is 319 g/mol. The number of amides is 2. The second-order valence-electron chi connectivity index (χ2n) is 6.21. The third kappa shape index (κ3) is 5.43. The fraction of sp³-hybridized carbons (Fsp3) is 0.611. The molecule has 2 amide bonds. The van der Waals surface area contributed by atoms with E-state index in [1.165, 1.54) is 19.3 Å². The summed E-state index contributed by atoms with van der Waals surface area (Å²) < 4.78 is 5.38. The molecular formula is C18H29N3O2. The fourth-order valence-electron chi connectivity index (χ4n) is 3.19. The highest BCUT2D eigenvalue weighted by molar-refractivity contribution is 5.89. The van der Waals surface area contributed by atoms with Gasteiger partial charge in [0.1, 0.15) is 5.75 Å². The Hall–Kier alpha value is -1.75. The maximum absolute atomic E-state index is 12.0. The lowest BCUT2D eigenvalue weighted by molar-refractivity contribution is 0.105. The third-order valence-electron chi connectivity index (χ3n) is 4.45. The van der Waals surface area contributed by atoms with Crippen LogP contribution >= 0.6 is 0 Å². The molecule has 2 N–H and O–H groups in total. The van der Waals surface area contributed by atoms with Gasteiger partial charge in [-0.1, -0.05) is 6.42 Å². The van der Waals surface area contributed by atoms with E-state index in [4.69, 9.17) is 4.74 Å². The monoisotopic (exact) mass is 319 g/mol. The zero-order valence-electron chi connectivity index (χ0n) is 14.5. The van der Waals surface area contributed by atoms with Gasteiger partial charge in [-0.15, -0.1) is 0 Å². The molecular weight excluding hydrogens is 290 g/mol. The zero-order valence-corrected chi connectivity index (χ0v) is 14.5. The van der Waals surface area contributed by atoms with Gasteiger partial charge in [0.2, 0.25) is 0 Å². The molecule has 23 heavy (non-hydrogen) atoms. The summed E-state index contributed by atoms with van der Waals surface area (Å²) in [5, 5.41) is 5.78. The number of urea groups is 1. The SMILES string of the molecule is CCOc1ccc(NC(=O)NCCN2[C@@H](C)CCC[C@@H]2C)cc1. The van der Waals surface area contributed by atoms with Crippen molar-refractivity contribution in [2.75, 3.05) is 25.0 Å².